The van der Waals surface area contributed by atoms with Crippen LogP contribution in [0.25, 0.3) is 0 Å². The number of carbonyl (C=O) groups is 2. The highest BCUT2D eigenvalue weighted by atomic mass is 31.2. The quantitative estimate of drug-likeness (QED) is 0.0211. The Morgan fingerprint density at radius 3 is 0.870 bits per heavy atom. The number of allylic oxidation sites excluding steroid dienone is 36. The first-order valence-corrected chi connectivity index (χ1v) is 37.0. The van der Waals surface area contributed by atoms with Crippen molar-refractivity contribution in [3.05, 3.63) is 219 Å². The lowest BCUT2D eigenvalue weighted by atomic mass is 10.1. The third-order valence-corrected chi connectivity index (χ3v) is 15.0. The average Bonchev–Trinajstić information content (AvgIpc) is 2.14. The molecule has 9 nitrogen and oxygen atoms in total. The summed E-state index contributed by atoms with van der Waals surface area (Å²) in [5.41, 5.74) is 0. The van der Waals surface area contributed by atoms with Gasteiger partial charge in [-0.3, -0.25) is 18.6 Å². The molecular formula is C82H129NO8P+. The number of esters is 2. The van der Waals surface area contributed by atoms with Gasteiger partial charge in [-0.1, -0.05) is 284 Å². The predicted molar refractivity (Wildman–Crippen MR) is 398 cm³/mol. The average molecular weight is 1290 g/mol. The molecule has 2 unspecified atom stereocenters. The Hall–Kier alpha value is -5.67. The highest BCUT2D eigenvalue weighted by Crippen LogP contribution is 2.43. The van der Waals surface area contributed by atoms with Gasteiger partial charge in [-0.25, -0.2) is 4.57 Å². The summed E-state index contributed by atoms with van der Waals surface area (Å²) < 4.78 is 34.7. The van der Waals surface area contributed by atoms with E-state index in [1.54, 1.807) is 0 Å². The van der Waals surface area contributed by atoms with Crippen LogP contribution in [0.1, 0.15) is 232 Å². The fourth-order valence-electron chi connectivity index (χ4n) is 8.65. The zero-order chi connectivity index (χ0) is 66.9. The first kappa shape index (κ1) is 86.3. The van der Waals surface area contributed by atoms with Gasteiger partial charge >= 0.3 is 19.8 Å². The van der Waals surface area contributed by atoms with Crippen molar-refractivity contribution in [2.45, 2.75) is 238 Å². The number of phosphoric ester groups is 1. The number of unbranched alkanes of at least 4 members (excludes halogenated alkanes) is 12. The lowest BCUT2D eigenvalue weighted by molar-refractivity contribution is -0.870. The zero-order valence-corrected chi connectivity index (χ0v) is 59.3. The van der Waals surface area contributed by atoms with Crippen LogP contribution in [0.2, 0.25) is 0 Å². The molecule has 0 saturated carbocycles. The molecule has 92 heavy (non-hydrogen) atoms. The third-order valence-electron chi connectivity index (χ3n) is 14.0. The Kier molecular flexibility index (Phi) is 65.4. The smallest absolute Gasteiger partial charge is 0.462 e. The maximum Gasteiger partial charge on any atom is 0.472 e. The molecule has 0 aliphatic carbocycles. The second-order valence-electron chi connectivity index (χ2n) is 23.8. The van der Waals surface area contributed by atoms with Gasteiger partial charge in [-0.05, 0) is 154 Å². The monoisotopic (exact) mass is 1290 g/mol. The highest BCUT2D eigenvalue weighted by molar-refractivity contribution is 7.47. The van der Waals surface area contributed by atoms with Crippen molar-refractivity contribution in [1.29, 1.82) is 0 Å². The van der Waals surface area contributed by atoms with Crippen molar-refractivity contribution in [3.63, 3.8) is 0 Å². The highest BCUT2D eigenvalue weighted by Gasteiger charge is 2.27. The second kappa shape index (κ2) is 69.7. The van der Waals surface area contributed by atoms with Crippen LogP contribution in [0.3, 0.4) is 0 Å². The van der Waals surface area contributed by atoms with Crippen LogP contribution in [0.4, 0.5) is 0 Å². The van der Waals surface area contributed by atoms with E-state index in [1.165, 1.54) is 12.8 Å². The van der Waals surface area contributed by atoms with E-state index in [0.29, 0.717) is 23.9 Å². The number of likely N-dealkylation sites (N-methyl/N-ethyl adjacent to an activating group) is 1. The minimum absolute atomic E-state index is 0.0129. The van der Waals surface area contributed by atoms with E-state index in [-0.39, 0.29) is 26.1 Å². The molecule has 0 aromatic heterocycles. The van der Waals surface area contributed by atoms with Gasteiger partial charge in [0.15, 0.2) is 6.10 Å². The molecule has 0 heterocycles. The van der Waals surface area contributed by atoms with Crippen molar-refractivity contribution in [2.75, 3.05) is 47.5 Å². The van der Waals surface area contributed by atoms with Crippen LogP contribution in [-0.4, -0.2) is 74.9 Å². The summed E-state index contributed by atoms with van der Waals surface area (Å²) in [5, 5.41) is 0. The molecule has 0 aliphatic heterocycles. The van der Waals surface area contributed by atoms with E-state index in [9.17, 15) is 19.0 Å². The molecule has 0 amide bonds. The standard InChI is InChI=1S/C82H128NO8P/c1-6-8-10-12-14-16-18-20-22-24-26-28-30-32-34-36-38-40-41-43-45-47-49-51-53-55-57-59-61-63-65-67-69-71-73-75-82(85)91-80(79-90-92(86,87)89-77-76-83(3,4)5)78-88-81(84)74-72-70-68-66-64-62-60-58-56-54-52-50-48-46-44-42-39-37-35-33-31-29-27-25-23-21-19-17-15-13-11-9-7-2/h8-11,14-17,20-23,26-29,32-35,38-40,42-43,45-46,48-49,51-52,54-55,57-58,60,80H,6-7,12-13,18-19,24-25,30-31,36-37,41,44,47,50,53,56,59,61-79H2,1-5H3/p+1/b10-8-,11-9-,16-14-,17-15-,22-20-,23-21-,28-26-,29-27-,34-32-,35-33-,40-38-,42-39-,45-43-,48-46-,51-49-,54-52-,57-55-,60-58-. The third kappa shape index (κ3) is 73.4. The van der Waals surface area contributed by atoms with Gasteiger partial charge in [-0.15, -0.1) is 0 Å². The Labute approximate surface area is 563 Å². The molecule has 0 spiro atoms. The molecule has 2 atom stereocenters. The number of phosphoric acid groups is 1. The topological polar surface area (TPSA) is 108 Å². The largest absolute Gasteiger partial charge is 0.472 e. The van der Waals surface area contributed by atoms with E-state index < -0.39 is 32.5 Å². The fraction of sp³-hybridized carbons (Fsp3) is 0.537. The van der Waals surface area contributed by atoms with Crippen LogP contribution >= 0.6 is 7.82 Å². The lowest BCUT2D eigenvalue weighted by Gasteiger charge is -2.24. The van der Waals surface area contributed by atoms with Gasteiger partial charge in [0.05, 0.1) is 27.7 Å². The van der Waals surface area contributed by atoms with Gasteiger partial charge in [0.2, 0.25) is 0 Å². The number of hydrogen-bond donors (Lipinski definition) is 1. The number of nitrogens with zero attached hydrogens (tertiary/aromatic N) is 1. The molecule has 1 N–H and O–H groups in total. The normalized spacial score (nSPS) is 14.5. The molecule has 0 bridgehead atoms. The zero-order valence-electron chi connectivity index (χ0n) is 58.4. The van der Waals surface area contributed by atoms with Crippen molar-refractivity contribution in [2.24, 2.45) is 0 Å². The summed E-state index contributed by atoms with van der Waals surface area (Å²) >= 11 is 0. The summed E-state index contributed by atoms with van der Waals surface area (Å²) in [6, 6.07) is 0. The number of ether oxygens (including phenoxy) is 2. The van der Waals surface area contributed by atoms with E-state index in [4.69, 9.17) is 18.5 Å². The minimum Gasteiger partial charge on any atom is -0.462 e. The fourth-order valence-corrected chi connectivity index (χ4v) is 9.39. The number of rotatable bonds is 62. The van der Waals surface area contributed by atoms with Gasteiger partial charge in [0, 0.05) is 12.8 Å². The van der Waals surface area contributed by atoms with Gasteiger partial charge in [-0.2, -0.15) is 0 Å². The van der Waals surface area contributed by atoms with E-state index in [0.717, 1.165) is 180 Å². The second-order valence-corrected chi connectivity index (χ2v) is 25.3. The van der Waals surface area contributed by atoms with Gasteiger partial charge in [0.25, 0.3) is 0 Å². The van der Waals surface area contributed by atoms with Crippen LogP contribution in [0.15, 0.2) is 219 Å². The number of carbonyl (C=O) groups excluding carboxylic acids is 2. The van der Waals surface area contributed by atoms with E-state index in [1.807, 2.05) is 21.1 Å². The molecule has 0 aromatic rings. The predicted octanol–water partition coefficient (Wildman–Crippen LogP) is 23.6. The summed E-state index contributed by atoms with van der Waals surface area (Å²) in [6.45, 7) is 4.14. The van der Waals surface area contributed by atoms with Gasteiger partial charge < -0.3 is 18.9 Å². The molecule has 0 rings (SSSR count). The Bertz CT molecular complexity index is 2360. The first-order chi connectivity index (χ1) is 45.0. The summed E-state index contributed by atoms with van der Waals surface area (Å²) in [6.07, 6.45) is 112. The van der Waals surface area contributed by atoms with Crippen molar-refractivity contribution in [3.8, 4) is 0 Å². The van der Waals surface area contributed by atoms with E-state index >= 15 is 0 Å². The summed E-state index contributed by atoms with van der Waals surface area (Å²) in [5.74, 6) is -0.851. The maximum atomic E-state index is 12.9. The molecule has 0 aliphatic rings. The molecule has 0 aromatic carbocycles. The summed E-state index contributed by atoms with van der Waals surface area (Å²) in [4.78, 5) is 35.9. The summed E-state index contributed by atoms with van der Waals surface area (Å²) in [7, 11) is 1.42. The lowest BCUT2D eigenvalue weighted by Crippen LogP contribution is -2.37. The Morgan fingerprint density at radius 2 is 0.587 bits per heavy atom. The molecular weight excluding hydrogens is 1160 g/mol. The Balaban J connectivity index is 4.23. The molecule has 0 radical (unpaired) electrons. The maximum absolute atomic E-state index is 12.9. The number of hydrogen-bond acceptors (Lipinski definition) is 7. The van der Waals surface area contributed by atoms with Crippen LogP contribution in [0.5, 0.6) is 0 Å². The molecule has 0 fully saturated rings. The van der Waals surface area contributed by atoms with Crippen LogP contribution in [0, 0.1) is 0 Å². The molecule has 10 heteroatoms. The van der Waals surface area contributed by atoms with Crippen molar-refractivity contribution >= 4 is 19.8 Å². The van der Waals surface area contributed by atoms with E-state index in [2.05, 4.69) is 233 Å². The Morgan fingerprint density at radius 1 is 0.337 bits per heavy atom. The molecule has 0 saturated heterocycles. The first-order valence-electron chi connectivity index (χ1n) is 35.5. The van der Waals surface area contributed by atoms with Crippen LogP contribution < -0.4 is 0 Å². The van der Waals surface area contributed by atoms with Crippen LogP contribution in [-0.2, 0) is 32.7 Å². The number of quaternary nitrogens is 1. The molecule has 514 valence electrons. The van der Waals surface area contributed by atoms with Gasteiger partial charge in [0.1, 0.15) is 19.8 Å². The van der Waals surface area contributed by atoms with Crippen molar-refractivity contribution < 1.29 is 42.1 Å². The SMILES string of the molecule is CC/C=C\C/C=C\C/C=C\C/C=C\C/C=C\C/C=C\C/C=C\C/C=C\C/C=C\CCCCCCCCCC(=O)OC(COC(=O)CCCCCCC/C=C\C/C=C\C/C=C\C/C=C\C/C=C\C/C=C\C/C=C\C/C=C\C/C=C\CC)COP(=O)(O)OCC[N+](C)(C)C. The minimum atomic E-state index is -4.42. The van der Waals surface area contributed by atoms with Crippen molar-refractivity contribution in [1.82, 2.24) is 0 Å².